The number of rotatable bonds is 3. The van der Waals surface area contributed by atoms with E-state index in [4.69, 9.17) is 15.9 Å². The van der Waals surface area contributed by atoms with Crippen molar-refractivity contribution in [2.75, 3.05) is 5.94 Å². The number of hydrogen-bond donors (Lipinski definition) is 2. The first kappa shape index (κ1) is 8.78. The molecule has 0 radical (unpaired) electrons. The molecular formula is C5H12N2OS. The third-order valence-electron chi connectivity index (χ3n) is 0.616. The van der Waals surface area contributed by atoms with Gasteiger partial charge in [-0.15, -0.1) is 0 Å². The summed E-state index contributed by atoms with van der Waals surface area (Å²) in [5.41, 5.74) is 5.04. The molecule has 0 aliphatic carbocycles. The van der Waals surface area contributed by atoms with Gasteiger partial charge < -0.3 is 10.5 Å². The Hall–Kier alpha value is -0.220. The van der Waals surface area contributed by atoms with Crippen molar-refractivity contribution in [1.82, 2.24) is 0 Å². The molecule has 54 valence electrons. The number of nitrogens with two attached hydrogens (primary N) is 1. The Kier molecular flexibility index (Phi) is 4.53. The van der Waals surface area contributed by atoms with Gasteiger partial charge in [-0.3, -0.25) is 5.41 Å². The summed E-state index contributed by atoms with van der Waals surface area (Å²) < 4.78 is 5.09. The van der Waals surface area contributed by atoms with Crippen LogP contribution in [0.25, 0.3) is 0 Å². The Morgan fingerprint density at radius 2 is 2.33 bits per heavy atom. The number of hydrogen-bond acceptors (Lipinski definition) is 3. The molecule has 0 bridgehead atoms. The molecule has 0 atom stereocenters. The Bertz CT molecular complexity index is 95.0. The predicted octanol–water partition coefficient (Wildman–Crippen LogP) is 0.996. The zero-order valence-electron chi connectivity index (χ0n) is 5.68. The van der Waals surface area contributed by atoms with Crippen molar-refractivity contribution in [3.8, 4) is 0 Å². The van der Waals surface area contributed by atoms with E-state index < -0.39 is 0 Å². The van der Waals surface area contributed by atoms with Gasteiger partial charge in [-0.25, -0.2) is 0 Å². The first-order valence-corrected chi connectivity index (χ1v) is 3.70. The third kappa shape index (κ3) is 7.78. The van der Waals surface area contributed by atoms with E-state index in [9.17, 15) is 0 Å². The molecule has 3 nitrogen and oxygen atoms in total. The summed E-state index contributed by atoms with van der Waals surface area (Å²) in [5, 5.41) is 6.91. The van der Waals surface area contributed by atoms with Gasteiger partial charge in [0.25, 0.3) is 0 Å². The number of amidine groups is 1. The van der Waals surface area contributed by atoms with E-state index in [1.54, 1.807) is 0 Å². The lowest BCUT2D eigenvalue weighted by Crippen LogP contribution is -2.08. The van der Waals surface area contributed by atoms with Gasteiger partial charge in [-0.1, -0.05) is 11.8 Å². The second kappa shape index (κ2) is 4.64. The van der Waals surface area contributed by atoms with Crippen molar-refractivity contribution in [3.05, 3.63) is 0 Å². The van der Waals surface area contributed by atoms with E-state index in [1.165, 1.54) is 11.8 Å². The van der Waals surface area contributed by atoms with Gasteiger partial charge in [0.2, 0.25) is 0 Å². The highest BCUT2D eigenvalue weighted by Crippen LogP contribution is 2.00. The van der Waals surface area contributed by atoms with E-state index in [0.717, 1.165) is 0 Å². The molecule has 0 unspecified atom stereocenters. The quantitative estimate of drug-likeness (QED) is 0.356. The highest BCUT2D eigenvalue weighted by Gasteiger charge is 1.93. The first-order chi connectivity index (χ1) is 4.13. The molecule has 3 N–H and O–H groups in total. The topological polar surface area (TPSA) is 59.1 Å². The fourth-order valence-electron chi connectivity index (χ4n) is 0.234. The lowest BCUT2D eigenvalue weighted by molar-refractivity contribution is 0.121. The van der Waals surface area contributed by atoms with Gasteiger partial charge in [0.1, 0.15) is 0 Å². The van der Waals surface area contributed by atoms with Crippen molar-refractivity contribution in [1.29, 1.82) is 5.41 Å². The maximum atomic E-state index is 6.80. The van der Waals surface area contributed by atoms with Crippen LogP contribution in [-0.4, -0.2) is 17.2 Å². The second-order valence-corrected chi connectivity index (χ2v) is 2.81. The zero-order chi connectivity index (χ0) is 7.28. The van der Waals surface area contributed by atoms with Crippen molar-refractivity contribution in [2.24, 2.45) is 5.73 Å². The Balaban J connectivity index is 3.01. The zero-order valence-corrected chi connectivity index (χ0v) is 6.49. The van der Waals surface area contributed by atoms with Gasteiger partial charge in [0.15, 0.2) is 5.17 Å². The van der Waals surface area contributed by atoms with Crippen molar-refractivity contribution >= 4 is 16.9 Å². The minimum atomic E-state index is 0.107. The van der Waals surface area contributed by atoms with Crippen LogP contribution in [0, 0.1) is 5.41 Å². The van der Waals surface area contributed by atoms with Crippen LogP contribution < -0.4 is 5.73 Å². The summed E-state index contributed by atoms with van der Waals surface area (Å²) in [4.78, 5) is 0. The van der Waals surface area contributed by atoms with Crippen LogP contribution in [0.3, 0.4) is 0 Å². The molecular weight excluding hydrogens is 136 g/mol. The molecule has 9 heavy (non-hydrogen) atoms. The summed E-state index contributed by atoms with van der Waals surface area (Å²) in [6.45, 7) is 3.89. The number of thioether (sulfide) groups is 1. The Morgan fingerprint density at radius 1 is 1.78 bits per heavy atom. The van der Waals surface area contributed by atoms with E-state index >= 15 is 0 Å². The standard InChI is InChI=1S/C5H12N2OS/c1-4(2)8-3-9-5(6)7/h4H,3H2,1-2H3,(H3,6,7). The van der Waals surface area contributed by atoms with Crippen molar-refractivity contribution in [2.45, 2.75) is 20.0 Å². The summed E-state index contributed by atoms with van der Waals surface area (Å²) in [6.07, 6.45) is 0.219. The van der Waals surface area contributed by atoms with Gasteiger partial charge in [0, 0.05) is 0 Å². The van der Waals surface area contributed by atoms with Crippen LogP contribution in [-0.2, 0) is 4.74 Å². The molecule has 0 aromatic carbocycles. The summed E-state index contributed by atoms with van der Waals surface area (Å²) in [5.74, 6) is 0.479. The average Bonchev–Trinajstić information content (AvgIpc) is 1.63. The summed E-state index contributed by atoms with van der Waals surface area (Å²) in [7, 11) is 0. The molecule has 0 spiro atoms. The molecule has 0 rings (SSSR count). The highest BCUT2D eigenvalue weighted by molar-refractivity contribution is 8.13. The van der Waals surface area contributed by atoms with Crippen LogP contribution in [0.1, 0.15) is 13.8 Å². The SMILES string of the molecule is CC(C)OCSC(=N)N. The van der Waals surface area contributed by atoms with Crippen LogP contribution in [0.5, 0.6) is 0 Å². The smallest absolute Gasteiger partial charge is 0.153 e. The minimum absolute atomic E-state index is 0.107. The fraction of sp³-hybridized carbons (Fsp3) is 0.800. The molecule has 4 heteroatoms. The van der Waals surface area contributed by atoms with Gasteiger partial charge in [0.05, 0.1) is 12.0 Å². The molecule has 0 aromatic rings. The van der Waals surface area contributed by atoms with Gasteiger partial charge >= 0.3 is 0 Å². The molecule has 0 aromatic heterocycles. The summed E-state index contributed by atoms with van der Waals surface area (Å²) in [6, 6.07) is 0. The predicted molar refractivity (Wildman–Crippen MR) is 40.6 cm³/mol. The van der Waals surface area contributed by atoms with Crippen molar-refractivity contribution in [3.63, 3.8) is 0 Å². The Labute approximate surface area is 59.5 Å². The van der Waals surface area contributed by atoms with E-state index in [2.05, 4.69) is 0 Å². The van der Waals surface area contributed by atoms with Crippen molar-refractivity contribution < 1.29 is 4.74 Å². The Morgan fingerprint density at radius 3 is 2.67 bits per heavy atom. The molecule has 0 aliphatic rings. The second-order valence-electron chi connectivity index (χ2n) is 1.84. The third-order valence-corrected chi connectivity index (χ3v) is 1.18. The minimum Gasteiger partial charge on any atom is -0.379 e. The molecule has 0 heterocycles. The van der Waals surface area contributed by atoms with Gasteiger partial charge in [-0.2, -0.15) is 0 Å². The van der Waals surface area contributed by atoms with Crippen LogP contribution in [0.15, 0.2) is 0 Å². The first-order valence-electron chi connectivity index (χ1n) is 2.71. The summed E-state index contributed by atoms with van der Waals surface area (Å²) >= 11 is 1.20. The molecule has 0 saturated heterocycles. The fourth-order valence-corrected chi connectivity index (χ4v) is 0.701. The molecule has 0 aliphatic heterocycles. The highest BCUT2D eigenvalue weighted by atomic mass is 32.2. The number of ether oxygens (including phenoxy) is 1. The van der Waals surface area contributed by atoms with E-state index in [0.29, 0.717) is 5.94 Å². The van der Waals surface area contributed by atoms with E-state index in [1.807, 2.05) is 13.8 Å². The van der Waals surface area contributed by atoms with E-state index in [-0.39, 0.29) is 11.3 Å². The van der Waals surface area contributed by atoms with Crippen LogP contribution >= 0.6 is 11.8 Å². The van der Waals surface area contributed by atoms with Crippen LogP contribution in [0.4, 0.5) is 0 Å². The average molecular weight is 148 g/mol. The lowest BCUT2D eigenvalue weighted by Gasteiger charge is -2.04. The van der Waals surface area contributed by atoms with Gasteiger partial charge in [-0.05, 0) is 13.8 Å². The maximum absolute atomic E-state index is 6.80. The lowest BCUT2D eigenvalue weighted by atomic mass is 10.5. The van der Waals surface area contributed by atoms with Crippen LogP contribution in [0.2, 0.25) is 0 Å². The monoisotopic (exact) mass is 148 g/mol. The number of nitrogens with one attached hydrogen (secondary N) is 1. The largest absolute Gasteiger partial charge is 0.379 e. The maximum Gasteiger partial charge on any atom is 0.153 e. The molecule has 0 amide bonds. The molecule has 0 fully saturated rings. The molecule has 0 saturated carbocycles. The normalized spacial score (nSPS) is 10.1.